The van der Waals surface area contributed by atoms with E-state index in [1.165, 1.54) is 12.4 Å². The fraction of sp³-hybridized carbons (Fsp3) is 0.150. The molecular weight excluding hydrogens is 316 g/mol. The number of benzene rings is 2. The summed E-state index contributed by atoms with van der Waals surface area (Å²) in [5.41, 5.74) is 3.86. The van der Waals surface area contributed by atoms with Crippen molar-refractivity contribution in [1.82, 2.24) is 9.97 Å². The zero-order valence-electron chi connectivity index (χ0n) is 13.9. The predicted molar refractivity (Wildman–Crippen MR) is 95.8 cm³/mol. The van der Waals surface area contributed by atoms with Crippen molar-refractivity contribution < 1.29 is 9.15 Å². The third kappa shape index (κ3) is 2.74. The SMILES string of the molecule is Cc1ccc2c(COc3ncnc4ccccc34)cc(=O)oc2c1C. The molecule has 0 fully saturated rings. The fourth-order valence-electron chi connectivity index (χ4n) is 2.89. The molecule has 0 saturated carbocycles. The summed E-state index contributed by atoms with van der Waals surface area (Å²) in [6.07, 6.45) is 1.47. The van der Waals surface area contributed by atoms with Crippen LogP contribution < -0.4 is 10.4 Å². The standard InChI is InChI=1S/C20H16N2O3/c1-12-7-8-15-14(9-18(23)25-19(15)13(12)2)10-24-20-16-5-3-4-6-17(16)21-11-22-20/h3-9,11H,10H2,1-2H3. The molecule has 4 rings (SSSR count). The topological polar surface area (TPSA) is 65.2 Å². The summed E-state index contributed by atoms with van der Waals surface area (Å²) in [6.45, 7) is 4.17. The first-order chi connectivity index (χ1) is 12.1. The van der Waals surface area contributed by atoms with Gasteiger partial charge in [-0.3, -0.25) is 0 Å². The van der Waals surface area contributed by atoms with Gasteiger partial charge >= 0.3 is 5.63 Å². The Morgan fingerprint density at radius 2 is 1.88 bits per heavy atom. The Morgan fingerprint density at radius 3 is 2.76 bits per heavy atom. The number of hydrogen-bond donors (Lipinski definition) is 0. The van der Waals surface area contributed by atoms with Crippen molar-refractivity contribution in [3.63, 3.8) is 0 Å². The van der Waals surface area contributed by atoms with Gasteiger partial charge in [0, 0.05) is 17.0 Å². The Hall–Kier alpha value is -3.21. The van der Waals surface area contributed by atoms with E-state index in [9.17, 15) is 4.79 Å². The lowest BCUT2D eigenvalue weighted by atomic mass is 10.0. The largest absolute Gasteiger partial charge is 0.472 e. The molecule has 0 aliphatic carbocycles. The van der Waals surface area contributed by atoms with Crippen molar-refractivity contribution >= 4 is 21.9 Å². The maximum absolute atomic E-state index is 11.9. The number of ether oxygens (including phenoxy) is 1. The molecule has 0 saturated heterocycles. The molecule has 2 heterocycles. The van der Waals surface area contributed by atoms with Crippen LogP contribution >= 0.6 is 0 Å². The third-order valence-electron chi connectivity index (χ3n) is 4.39. The molecular formula is C20H16N2O3. The summed E-state index contributed by atoms with van der Waals surface area (Å²) in [6, 6.07) is 13.1. The summed E-state index contributed by atoms with van der Waals surface area (Å²) in [7, 11) is 0. The van der Waals surface area contributed by atoms with E-state index < -0.39 is 0 Å². The van der Waals surface area contributed by atoms with E-state index in [-0.39, 0.29) is 12.2 Å². The number of rotatable bonds is 3. The van der Waals surface area contributed by atoms with Gasteiger partial charge in [0.1, 0.15) is 18.5 Å². The molecule has 2 aromatic heterocycles. The highest BCUT2D eigenvalue weighted by molar-refractivity contribution is 5.84. The van der Waals surface area contributed by atoms with E-state index in [2.05, 4.69) is 9.97 Å². The van der Waals surface area contributed by atoms with Gasteiger partial charge in [-0.15, -0.1) is 0 Å². The smallest absolute Gasteiger partial charge is 0.336 e. The first kappa shape index (κ1) is 15.3. The molecule has 2 aromatic carbocycles. The van der Waals surface area contributed by atoms with E-state index in [1.54, 1.807) is 0 Å². The number of nitrogens with zero attached hydrogens (tertiary/aromatic N) is 2. The van der Waals surface area contributed by atoms with Crippen LogP contribution in [0.25, 0.3) is 21.9 Å². The molecule has 0 amide bonds. The van der Waals surface area contributed by atoms with E-state index in [0.29, 0.717) is 11.5 Å². The van der Waals surface area contributed by atoms with Crippen LogP contribution in [0.5, 0.6) is 5.88 Å². The highest BCUT2D eigenvalue weighted by atomic mass is 16.5. The van der Waals surface area contributed by atoms with Crippen molar-refractivity contribution in [3.8, 4) is 5.88 Å². The van der Waals surface area contributed by atoms with Crippen LogP contribution in [0, 0.1) is 13.8 Å². The summed E-state index contributed by atoms with van der Waals surface area (Å²) < 4.78 is 11.3. The van der Waals surface area contributed by atoms with Crippen LogP contribution in [0.3, 0.4) is 0 Å². The number of aryl methyl sites for hydroxylation is 2. The lowest BCUT2D eigenvalue weighted by Gasteiger charge is -2.11. The highest BCUT2D eigenvalue weighted by Crippen LogP contribution is 2.25. The Bertz CT molecular complexity index is 1140. The summed E-state index contributed by atoms with van der Waals surface area (Å²) in [5, 5.41) is 1.71. The summed E-state index contributed by atoms with van der Waals surface area (Å²) in [5.74, 6) is 0.496. The average molecular weight is 332 g/mol. The molecule has 5 nitrogen and oxygen atoms in total. The van der Waals surface area contributed by atoms with E-state index in [1.807, 2.05) is 50.2 Å². The number of aromatic nitrogens is 2. The second-order valence-corrected chi connectivity index (χ2v) is 5.96. The summed E-state index contributed by atoms with van der Waals surface area (Å²) >= 11 is 0. The second-order valence-electron chi connectivity index (χ2n) is 5.96. The molecule has 0 radical (unpaired) electrons. The van der Waals surface area contributed by atoms with Crippen LogP contribution in [-0.2, 0) is 6.61 Å². The van der Waals surface area contributed by atoms with Crippen molar-refractivity contribution in [2.45, 2.75) is 20.5 Å². The molecule has 0 aliphatic rings. The lowest BCUT2D eigenvalue weighted by molar-refractivity contribution is 0.298. The monoisotopic (exact) mass is 332 g/mol. The Labute approximate surface area is 143 Å². The zero-order valence-corrected chi connectivity index (χ0v) is 13.9. The maximum Gasteiger partial charge on any atom is 0.336 e. The van der Waals surface area contributed by atoms with Gasteiger partial charge in [-0.05, 0) is 37.1 Å². The molecule has 4 aromatic rings. The number of hydrogen-bond acceptors (Lipinski definition) is 5. The molecule has 0 unspecified atom stereocenters. The van der Waals surface area contributed by atoms with E-state index in [0.717, 1.165) is 33.0 Å². The van der Waals surface area contributed by atoms with Gasteiger partial charge in [0.2, 0.25) is 5.88 Å². The van der Waals surface area contributed by atoms with Crippen molar-refractivity contribution in [2.75, 3.05) is 0 Å². The molecule has 124 valence electrons. The normalized spacial score (nSPS) is 11.1. The van der Waals surface area contributed by atoms with Crippen molar-refractivity contribution in [3.05, 3.63) is 75.9 Å². The van der Waals surface area contributed by atoms with Crippen molar-refractivity contribution in [1.29, 1.82) is 0 Å². The first-order valence-corrected chi connectivity index (χ1v) is 7.99. The zero-order chi connectivity index (χ0) is 17.4. The average Bonchev–Trinajstić information content (AvgIpc) is 2.63. The molecule has 0 spiro atoms. The minimum absolute atomic E-state index is 0.228. The van der Waals surface area contributed by atoms with Crippen LogP contribution in [0.15, 0.2) is 58.0 Å². The van der Waals surface area contributed by atoms with Gasteiger partial charge in [-0.25, -0.2) is 14.8 Å². The van der Waals surface area contributed by atoms with Gasteiger partial charge in [0.05, 0.1) is 10.9 Å². The second kappa shape index (κ2) is 6.02. The van der Waals surface area contributed by atoms with Crippen LogP contribution in [0.4, 0.5) is 0 Å². The van der Waals surface area contributed by atoms with E-state index >= 15 is 0 Å². The van der Waals surface area contributed by atoms with Crippen molar-refractivity contribution in [2.24, 2.45) is 0 Å². The molecule has 0 atom stereocenters. The van der Waals surface area contributed by atoms with Gasteiger partial charge in [-0.1, -0.05) is 24.3 Å². The van der Waals surface area contributed by atoms with Crippen LogP contribution in [0.1, 0.15) is 16.7 Å². The fourth-order valence-corrected chi connectivity index (χ4v) is 2.89. The van der Waals surface area contributed by atoms with Crippen LogP contribution in [-0.4, -0.2) is 9.97 Å². The molecule has 0 bridgehead atoms. The number of para-hydroxylation sites is 1. The van der Waals surface area contributed by atoms with Gasteiger partial charge < -0.3 is 9.15 Å². The lowest BCUT2D eigenvalue weighted by Crippen LogP contribution is -2.06. The third-order valence-corrected chi connectivity index (χ3v) is 4.39. The molecule has 25 heavy (non-hydrogen) atoms. The first-order valence-electron chi connectivity index (χ1n) is 7.99. The highest BCUT2D eigenvalue weighted by Gasteiger charge is 2.11. The molecule has 0 N–H and O–H groups in total. The predicted octanol–water partition coefficient (Wildman–Crippen LogP) is 3.93. The molecule has 5 heteroatoms. The Morgan fingerprint density at radius 1 is 1.04 bits per heavy atom. The van der Waals surface area contributed by atoms with Gasteiger partial charge in [0.15, 0.2) is 0 Å². The van der Waals surface area contributed by atoms with Crippen LogP contribution in [0.2, 0.25) is 0 Å². The maximum atomic E-state index is 11.9. The number of fused-ring (bicyclic) bond motifs is 2. The summed E-state index contributed by atoms with van der Waals surface area (Å²) in [4.78, 5) is 20.4. The quantitative estimate of drug-likeness (QED) is 0.532. The Kier molecular flexibility index (Phi) is 3.69. The van der Waals surface area contributed by atoms with E-state index in [4.69, 9.17) is 9.15 Å². The molecule has 0 aliphatic heterocycles. The minimum Gasteiger partial charge on any atom is -0.472 e. The minimum atomic E-state index is -0.382. The van der Waals surface area contributed by atoms with Gasteiger partial charge in [0.25, 0.3) is 0 Å². The Balaban J connectivity index is 1.76. The van der Waals surface area contributed by atoms with Gasteiger partial charge in [-0.2, -0.15) is 0 Å².